The molecule has 1 N–H and O–H groups in total. The predicted molar refractivity (Wildman–Crippen MR) is 122 cm³/mol. The van der Waals surface area contributed by atoms with Crippen LogP contribution in [0.25, 0.3) is 0 Å². The predicted octanol–water partition coefficient (Wildman–Crippen LogP) is 5.50. The molecule has 0 saturated heterocycles. The topological polar surface area (TPSA) is 116 Å². The number of para-hydroxylation sites is 1. The van der Waals surface area contributed by atoms with Crippen LogP contribution in [0.2, 0.25) is 0 Å². The molecule has 36 heavy (non-hydrogen) atoms. The van der Waals surface area contributed by atoms with Crippen molar-refractivity contribution < 1.29 is 37.2 Å². The molecule has 3 rings (SSSR count). The van der Waals surface area contributed by atoms with E-state index in [0.29, 0.717) is 0 Å². The molecule has 0 aromatic heterocycles. The van der Waals surface area contributed by atoms with Crippen molar-refractivity contribution in [3.63, 3.8) is 0 Å². The van der Waals surface area contributed by atoms with Gasteiger partial charge < -0.3 is 10.1 Å². The average Bonchev–Trinajstić information content (AvgIpc) is 2.86. The Balaban J connectivity index is 1.71. The number of ether oxygens (including phenoxy) is 1. The first kappa shape index (κ1) is 26.1. The number of benzene rings is 3. The molecule has 0 unspecified atom stereocenters. The molecule has 0 heterocycles. The summed E-state index contributed by atoms with van der Waals surface area (Å²) in [5.74, 6) is -2.41. The zero-order valence-electron chi connectivity index (χ0n) is 18.5. The van der Waals surface area contributed by atoms with Gasteiger partial charge in [0.05, 0.1) is 22.6 Å². The van der Waals surface area contributed by atoms with Crippen molar-refractivity contribution in [2.75, 3.05) is 5.32 Å². The van der Waals surface area contributed by atoms with Crippen LogP contribution >= 0.6 is 0 Å². The van der Waals surface area contributed by atoms with E-state index >= 15 is 0 Å². The van der Waals surface area contributed by atoms with Crippen LogP contribution in [0.15, 0.2) is 78.9 Å². The molecule has 0 aliphatic carbocycles. The molecular formula is C25H19F3N2O6. The molecule has 0 fully saturated rings. The fraction of sp³-hybridized carbons (Fsp3) is 0.160. The highest BCUT2D eigenvalue weighted by Gasteiger charge is 2.33. The number of Topliss-reactive ketones (excluding diaryl/α,β-unsaturated/α-hetero) is 1. The summed E-state index contributed by atoms with van der Waals surface area (Å²) < 4.78 is 44.6. The number of nitro groups is 1. The normalized spacial score (nSPS) is 11.9. The maximum absolute atomic E-state index is 13.1. The maximum Gasteiger partial charge on any atom is 0.418 e. The Hall–Kier alpha value is -4.54. The van der Waals surface area contributed by atoms with Crippen LogP contribution in [0.5, 0.6) is 0 Å². The molecule has 1 amide bonds. The fourth-order valence-electron chi connectivity index (χ4n) is 3.26. The van der Waals surface area contributed by atoms with E-state index in [2.05, 4.69) is 5.32 Å². The van der Waals surface area contributed by atoms with Crippen LogP contribution in [-0.2, 0) is 20.5 Å². The number of hydrogen-bond acceptors (Lipinski definition) is 6. The fourth-order valence-corrected chi connectivity index (χ4v) is 3.26. The second kappa shape index (κ2) is 11.3. The molecule has 0 bridgehead atoms. The van der Waals surface area contributed by atoms with E-state index in [9.17, 15) is 37.7 Å². The minimum Gasteiger partial charge on any atom is -0.449 e. The van der Waals surface area contributed by atoms with Crippen molar-refractivity contribution in [2.45, 2.75) is 25.1 Å². The number of nitrogens with one attached hydrogen (secondary N) is 1. The van der Waals surface area contributed by atoms with Crippen molar-refractivity contribution in [3.8, 4) is 0 Å². The summed E-state index contributed by atoms with van der Waals surface area (Å²) in [6, 6.07) is 17.1. The number of anilines is 1. The first-order valence-corrected chi connectivity index (χ1v) is 10.6. The van der Waals surface area contributed by atoms with Crippen molar-refractivity contribution >= 4 is 29.0 Å². The molecule has 0 spiro atoms. The highest BCUT2D eigenvalue weighted by atomic mass is 19.4. The van der Waals surface area contributed by atoms with Gasteiger partial charge in [-0.25, -0.2) is 0 Å². The van der Waals surface area contributed by atoms with E-state index in [-0.39, 0.29) is 16.8 Å². The second-order valence-electron chi connectivity index (χ2n) is 7.54. The molecule has 1 atom stereocenters. The van der Waals surface area contributed by atoms with Crippen molar-refractivity contribution in [1.82, 2.24) is 0 Å². The number of halogens is 3. The summed E-state index contributed by atoms with van der Waals surface area (Å²) in [7, 11) is 0. The quantitative estimate of drug-likeness (QED) is 0.180. The Labute approximate surface area is 202 Å². The van der Waals surface area contributed by atoms with Crippen LogP contribution in [-0.4, -0.2) is 22.6 Å². The SMILES string of the molecule is O=C(CCC(=O)O[C@H](C(=O)c1ccccc1)c1ccc([N+](=O)[O-])cc1)Nc1ccccc1C(F)(F)F. The van der Waals surface area contributed by atoms with Gasteiger partial charge in [0.25, 0.3) is 5.69 Å². The molecule has 11 heteroatoms. The number of amides is 1. The van der Waals surface area contributed by atoms with Crippen molar-refractivity contribution in [1.29, 1.82) is 0 Å². The van der Waals surface area contributed by atoms with Crippen LogP contribution in [0.3, 0.4) is 0 Å². The standard InChI is InChI=1S/C25H19F3N2O6/c26-25(27,28)19-8-4-5-9-20(19)29-21(31)14-15-22(32)36-24(23(33)16-6-2-1-3-7-16)17-10-12-18(13-11-17)30(34)35/h1-13,24H,14-15H2,(H,29,31)/t24-/m0/s1. The van der Waals surface area contributed by atoms with E-state index in [1.54, 1.807) is 18.2 Å². The zero-order chi connectivity index (χ0) is 26.3. The Bertz CT molecular complexity index is 1260. The third-order valence-electron chi connectivity index (χ3n) is 5.02. The summed E-state index contributed by atoms with van der Waals surface area (Å²) in [5.41, 5.74) is -1.33. The van der Waals surface area contributed by atoms with Crippen LogP contribution in [0.1, 0.15) is 40.4 Å². The lowest BCUT2D eigenvalue weighted by molar-refractivity contribution is -0.384. The first-order valence-electron chi connectivity index (χ1n) is 10.6. The third kappa shape index (κ3) is 6.75. The summed E-state index contributed by atoms with van der Waals surface area (Å²) >= 11 is 0. The molecule has 3 aromatic rings. The van der Waals surface area contributed by atoms with E-state index < -0.39 is 59.0 Å². The number of hydrogen-bond donors (Lipinski definition) is 1. The highest BCUT2D eigenvalue weighted by molar-refractivity contribution is 6.01. The van der Waals surface area contributed by atoms with Crippen molar-refractivity contribution in [2.24, 2.45) is 0 Å². The van der Waals surface area contributed by atoms with Gasteiger partial charge in [-0.3, -0.25) is 24.5 Å². The third-order valence-corrected chi connectivity index (χ3v) is 5.02. The lowest BCUT2D eigenvalue weighted by atomic mass is 9.99. The smallest absolute Gasteiger partial charge is 0.418 e. The molecular weight excluding hydrogens is 481 g/mol. The summed E-state index contributed by atoms with van der Waals surface area (Å²) in [5, 5.41) is 13.0. The number of rotatable bonds is 9. The molecule has 0 radical (unpaired) electrons. The first-order chi connectivity index (χ1) is 17.1. The van der Waals surface area contributed by atoms with Gasteiger partial charge in [-0.2, -0.15) is 13.2 Å². The molecule has 8 nitrogen and oxygen atoms in total. The highest BCUT2D eigenvalue weighted by Crippen LogP contribution is 2.34. The van der Waals surface area contributed by atoms with Crippen LogP contribution in [0.4, 0.5) is 24.5 Å². The molecule has 0 aliphatic rings. The van der Waals surface area contributed by atoms with Gasteiger partial charge in [0.1, 0.15) is 0 Å². The monoisotopic (exact) mass is 500 g/mol. The van der Waals surface area contributed by atoms with Gasteiger partial charge in [-0.05, 0) is 24.3 Å². The summed E-state index contributed by atoms with van der Waals surface area (Å²) in [4.78, 5) is 48.0. The summed E-state index contributed by atoms with van der Waals surface area (Å²) in [6.45, 7) is 0. The molecule has 0 saturated carbocycles. The summed E-state index contributed by atoms with van der Waals surface area (Å²) in [6.07, 6.45) is -7.16. The minimum absolute atomic E-state index is 0.173. The van der Waals surface area contributed by atoms with Crippen LogP contribution < -0.4 is 5.32 Å². The number of nitro benzene ring substituents is 1. The van der Waals surface area contributed by atoms with E-state index in [0.717, 1.165) is 24.3 Å². The van der Waals surface area contributed by atoms with Gasteiger partial charge in [0, 0.05) is 29.7 Å². The molecule has 186 valence electrons. The lowest BCUT2D eigenvalue weighted by Crippen LogP contribution is -2.22. The lowest BCUT2D eigenvalue weighted by Gasteiger charge is -2.18. The van der Waals surface area contributed by atoms with Gasteiger partial charge in [0.2, 0.25) is 11.7 Å². The number of carbonyl (C=O) groups excluding carboxylic acids is 3. The number of alkyl halides is 3. The number of non-ortho nitro benzene ring substituents is 1. The number of esters is 1. The zero-order valence-corrected chi connectivity index (χ0v) is 18.5. The minimum atomic E-state index is -4.68. The Morgan fingerprint density at radius 2 is 1.50 bits per heavy atom. The number of carbonyl (C=O) groups is 3. The molecule has 3 aromatic carbocycles. The second-order valence-corrected chi connectivity index (χ2v) is 7.54. The van der Waals surface area contributed by atoms with Gasteiger partial charge in [0.15, 0.2) is 6.10 Å². The van der Waals surface area contributed by atoms with Gasteiger partial charge in [-0.15, -0.1) is 0 Å². The number of ketones is 1. The van der Waals surface area contributed by atoms with Crippen molar-refractivity contribution in [3.05, 3.63) is 106 Å². The van der Waals surface area contributed by atoms with Gasteiger partial charge >= 0.3 is 12.1 Å². The Morgan fingerprint density at radius 1 is 0.889 bits per heavy atom. The van der Waals surface area contributed by atoms with E-state index in [4.69, 9.17) is 4.74 Å². The Morgan fingerprint density at radius 3 is 2.11 bits per heavy atom. The molecule has 0 aliphatic heterocycles. The van der Waals surface area contributed by atoms with Gasteiger partial charge in [-0.1, -0.05) is 42.5 Å². The largest absolute Gasteiger partial charge is 0.449 e. The maximum atomic E-state index is 13.1. The number of nitrogens with zero attached hydrogens (tertiary/aromatic N) is 1. The van der Waals surface area contributed by atoms with E-state index in [1.165, 1.54) is 36.4 Å². The average molecular weight is 500 g/mol. The van der Waals surface area contributed by atoms with Crippen LogP contribution in [0, 0.1) is 10.1 Å². The van der Waals surface area contributed by atoms with E-state index in [1.807, 2.05) is 0 Å². The Kier molecular flexibility index (Phi) is 8.15.